The topological polar surface area (TPSA) is 36.8 Å². The summed E-state index contributed by atoms with van der Waals surface area (Å²) in [5, 5.41) is 11.5. The van der Waals surface area contributed by atoms with Crippen LogP contribution < -0.4 is 5.32 Å². The molecule has 1 heterocycles. The third-order valence-electron chi connectivity index (χ3n) is 2.58. The molecule has 3 rings (SSSR count). The van der Waals surface area contributed by atoms with Gasteiger partial charge in [-0.1, -0.05) is 60.7 Å². The highest BCUT2D eigenvalue weighted by Crippen LogP contribution is 2.26. The van der Waals surface area contributed by atoms with Crippen LogP contribution in [-0.4, -0.2) is 0 Å². The summed E-state index contributed by atoms with van der Waals surface area (Å²) in [6, 6.07) is 19.9. The van der Waals surface area contributed by atoms with E-state index in [9.17, 15) is 0 Å². The van der Waals surface area contributed by atoms with Crippen LogP contribution in [0.2, 0.25) is 0 Å². The number of hydrogen-bond acceptors (Lipinski definition) is 3. The van der Waals surface area contributed by atoms with Crippen LogP contribution in [0.4, 0.5) is 0 Å². The Morgan fingerprint density at radius 1 is 0.588 bits per heavy atom. The number of azo groups is 1. The summed E-state index contributed by atoms with van der Waals surface area (Å²) in [6.45, 7) is 0. The van der Waals surface area contributed by atoms with Crippen molar-refractivity contribution in [1.82, 2.24) is 5.32 Å². The largest absolute Gasteiger partial charge is 0.251 e. The maximum absolute atomic E-state index is 4.16. The summed E-state index contributed by atoms with van der Waals surface area (Å²) in [7, 11) is 0. The molecule has 0 spiro atoms. The fourth-order valence-electron chi connectivity index (χ4n) is 1.71. The molecule has 82 valence electrons. The monoisotopic (exact) mass is 221 g/mol. The molecule has 0 atom stereocenters. The summed E-state index contributed by atoms with van der Waals surface area (Å²) >= 11 is 0. The quantitative estimate of drug-likeness (QED) is 0.831. The highest BCUT2D eigenvalue weighted by molar-refractivity contribution is 5.37. The first-order valence-corrected chi connectivity index (χ1v) is 5.47. The van der Waals surface area contributed by atoms with Crippen LogP contribution in [0, 0.1) is 12.3 Å². The smallest absolute Gasteiger partial charge is 0.204 e. The van der Waals surface area contributed by atoms with Crippen molar-refractivity contribution in [2.24, 2.45) is 10.2 Å². The van der Waals surface area contributed by atoms with Crippen molar-refractivity contribution in [2.75, 3.05) is 0 Å². The van der Waals surface area contributed by atoms with E-state index in [2.05, 4.69) is 15.5 Å². The van der Waals surface area contributed by atoms with E-state index in [1.807, 2.05) is 60.7 Å². The Bertz CT molecular complexity index is 460. The minimum atomic E-state index is 0.796. The molecule has 1 N–H and O–H groups in total. The molecule has 0 saturated heterocycles. The van der Waals surface area contributed by atoms with Crippen molar-refractivity contribution in [1.29, 1.82) is 0 Å². The molecule has 1 aliphatic heterocycles. The first kappa shape index (κ1) is 10.2. The molecule has 2 aromatic carbocycles. The standard InChI is InChI=1S/C14H11N3/c1-3-7-11(8-4-1)13-15-14(17-16-13)12-9-5-2-6-10-12/h1-10,15H. The average Bonchev–Trinajstić information content (AvgIpc) is 2.90. The molecule has 2 aromatic rings. The van der Waals surface area contributed by atoms with Gasteiger partial charge in [0.25, 0.3) is 0 Å². The second-order valence-corrected chi connectivity index (χ2v) is 3.75. The SMILES string of the molecule is c1ccc([C]2N=N[C](c3ccccc3)N2)cc1. The van der Waals surface area contributed by atoms with Gasteiger partial charge in [-0.15, -0.1) is 0 Å². The summed E-state index contributed by atoms with van der Waals surface area (Å²) in [4.78, 5) is 0. The second kappa shape index (κ2) is 4.47. The van der Waals surface area contributed by atoms with Crippen molar-refractivity contribution in [2.45, 2.75) is 0 Å². The lowest BCUT2D eigenvalue weighted by Gasteiger charge is -2.08. The summed E-state index contributed by atoms with van der Waals surface area (Å²) in [5.74, 6) is 0. The lowest BCUT2D eigenvalue weighted by Crippen LogP contribution is -2.19. The van der Waals surface area contributed by atoms with Gasteiger partial charge >= 0.3 is 0 Å². The maximum Gasteiger partial charge on any atom is 0.204 e. The van der Waals surface area contributed by atoms with Crippen molar-refractivity contribution >= 4 is 0 Å². The average molecular weight is 221 g/mol. The van der Waals surface area contributed by atoms with Crippen LogP contribution in [-0.2, 0) is 0 Å². The summed E-state index contributed by atoms with van der Waals surface area (Å²) < 4.78 is 0. The number of rotatable bonds is 2. The van der Waals surface area contributed by atoms with Gasteiger partial charge in [0.15, 0.2) is 0 Å². The predicted octanol–water partition coefficient (Wildman–Crippen LogP) is 3.12. The molecular weight excluding hydrogens is 210 g/mol. The molecule has 17 heavy (non-hydrogen) atoms. The van der Waals surface area contributed by atoms with Gasteiger partial charge in [0.2, 0.25) is 12.3 Å². The number of nitrogens with zero attached hydrogens (tertiary/aromatic N) is 2. The van der Waals surface area contributed by atoms with Gasteiger partial charge in [-0.2, -0.15) is 10.2 Å². The van der Waals surface area contributed by atoms with Crippen LogP contribution in [0.5, 0.6) is 0 Å². The van der Waals surface area contributed by atoms with Gasteiger partial charge in [-0.3, -0.25) is 5.32 Å². The van der Waals surface area contributed by atoms with Crippen LogP contribution in [0.1, 0.15) is 11.1 Å². The zero-order valence-corrected chi connectivity index (χ0v) is 9.17. The minimum Gasteiger partial charge on any atom is -0.251 e. The van der Waals surface area contributed by atoms with Crippen LogP contribution in [0.3, 0.4) is 0 Å². The lowest BCUT2D eigenvalue weighted by atomic mass is 10.1. The van der Waals surface area contributed by atoms with Gasteiger partial charge in [-0.25, -0.2) is 0 Å². The Morgan fingerprint density at radius 2 is 1.00 bits per heavy atom. The van der Waals surface area contributed by atoms with Crippen molar-refractivity contribution in [3.63, 3.8) is 0 Å². The highest BCUT2D eigenvalue weighted by atomic mass is 15.4. The van der Waals surface area contributed by atoms with Crippen molar-refractivity contribution < 1.29 is 0 Å². The summed E-state index contributed by atoms with van der Waals surface area (Å²) in [6.07, 6.45) is 1.59. The number of nitrogens with one attached hydrogen (secondary N) is 1. The Labute approximate surface area is 100 Å². The van der Waals surface area contributed by atoms with Crippen LogP contribution in [0.15, 0.2) is 70.9 Å². The first-order valence-electron chi connectivity index (χ1n) is 5.47. The molecule has 2 radical (unpaired) electrons. The molecule has 1 aliphatic rings. The van der Waals surface area contributed by atoms with Gasteiger partial charge in [0.05, 0.1) is 0 Å². The predicted molar refractivity (Wildman–Crippen MR) is 65.6 cm³/mol. The molecule has 0 fully saturated rings. The summed E-state index contributed by atoms with van der Waals surface area (Å²) in [5.41, 5.74) is 2.09. The van der Waals surface area contributed by atoms with E-state index < -0.39 is 0 Å². The van der Waals surface area contributed by atoms with E-state index in [1.165, 1.54) is 0 Å². The third-order valence-corrected chi connectivity index (χ3v) is 2.58. The lowest BCUT2D eigenvalue weighted by molar-refractivity contribution is 0.834. The molecule has 0 aliphatic carbocycles. The molecular formula is C14H11N3. The van der Waals surface area contributed by atoms with E-state index in [0.29, 0.717) is 0 Å². The molecule has 0 bridgehead atoms. The molecule has 0 aromatic heterocycles. The van der Waals surface area contributed by atoms with E-state index in [0.717, 1.165) is 23.5 Å². The normalized spacial score (nSPS) is 16.5. The Morgan fingerprint density at radius 3 is 1.41 bits per heavy atom. The molecule has 0 saturated carbocycles. The molecule has 0 unspecified atom stereocenters. The first-order chi connectivity index (χ1) is 8.43. The molecule has 3 heteroatoms. The van der Waals surface area contributed by atoms with E-state index >= 15 is 0 Å². The Kier molecular flexibility index (Phi) is 2.68. The van der Waals surface area contributed by atoms with Crippen LogP contribution >= 0.6 is 0 Å². The Balaban J connectivity index is 1.78. The Hall–Kier alpha value is -2.00. The van der Waals surface area contributed by atoms with Gasteiger partial charge in [0, 0.05) is 11.1 Å². The highest BCUT2D eigenvalue weighted by Gasteiger charge is 2.25. The number of benzene rings is 2. The van der Waals surface area contributed by atoms with E-state index in [4.69, 9.17) is 0 Å². The van der Waals surface area contributed by atoms with Crippen molar-refractivity contribution in [3.05, 3.63) is 84.1 Å². The van der Waals surface area contributed by atoms with Crippen molar-refractivity contribution in [3.8, 4) is 0 Å². The third kappa shape index (κ3) is 2.10. The van der Waals surface area contributed by atoms with Crippen LogP contribution in [0.25, 0.3) is 0 Å². The minimum absolute atomic E-state index is 0.796. The maximum atomic E-state index is 4.16. The van der Waals surface area contributed by atoms with Gasteiger partial charge < -0.3 is 0 Å². The zero-order chi connectivity index (χ0) is 11.5. The molecule has 3 nitrogen and oxygen atoms in total. The number of hydrogen-bond donors (Lipinski definition) is 1. The zero-order valence-electron chi connectivity index (χ0n) is 9.17. The fraction of sp³-hybridized carbons (Fsp3) is 0. The van der Waals surface area contributed by atoms with E-state index in [-0.39, 0.29) is 0 Å². The fourth-order valence-corrected chi connectivity index (χ4v) is 1.71. The van der Waals surface area contributed by atoms with Gasteiger partial charge in [0.1, 0.15) is 0 Å². The van der Waals surface area contributed by atoms with Gasteiger partial charge in [-0.05, 0) is 0 Å². The molecule has 0 amide bonds. The van der Waals surface area contributed by atoms with E-state index in [1.54, 1.807) is 0 Å². The second-order valence-electron chi connectivity index (χ2n) is 3.75.